The summed E-state index contributed by atoms with van der Waals surface area (Å²) in [5.74, 6) is 0. The summed E-state index contributed by atoms with van der Waals surface area (Å²) in [4.78, 5) is 2.56. The summed E-state index contributed by atoms with van der Waals surface area (Å²) < 4.78 is 27.3. The Kier molecular flexibility index (Phi) is 5.24. The molecule has 1 heterocycles. The standard InChI is InChI=1S/C15H25N3O2S/c1-4-16-14-6-8-15(9-7-14)21(19,20)18-11-5-10-17(3)12-13(18)2/h6-9,13,16H,4-5,10-12H2,1-3H3. The van der Waals surface area contributed by atoms with E-state index < -0.39 is 10.0 Å². The van der Waals surface area contributed by atoms with Gasteiger partial charge in [0.1, 0.15) is 0 Å². The number of nitrogens with zero attached hydrogens (tertiary/aromatic N) is 2. The Morgan fingerprint density at radius 3 is 2.52 bits per heavy atom. The van der Waals surface area contributed by atoms with Crippen LogP contribution in [-0.2, 0) is 10.0 Å². The van der Waals surface area contributed by atoms with Crippen molar-refractivity contribution in [2.75, 3.05) is 38.5 Å². The van der Waals surface area contributed by atoms with Crippen molar-refractivity contribution in [3.8, 4) is 0 Å². The predicted octanol–water partition coefficient (Wildman–Crippen LogP) is 1.83. The van der Waals surface area contributed by atoms with Crippen LogP contribution < -0.4 is 5.32 Å². The van der Waals surface area contributed by atoms with E-state index in [1.807, 2.05) is 33.0 Å². The maximum absolute atomic E-state index is 12.8. The molecule has 1 aromatic rings. The van der Waals surface area contributed by atoms with E-state index in [1.165, 1.54) is 0 Å². The monoisotopic (exact) mass is 311 g/mol. The van der Waals surface area contributed by atoms with Crippen molar-refractivity contribution in [2.45, 2.75) is 31.2 Å². The van der Waals surface area contributed by atoms with E-state index >= 15 is 0 Å². The predicted molar refractivity (Wildman–Crippen MR) is 86.1 cm³/mol. The number of rotatable bonds is 4. The van der Waals surface area contributed by atoms with Crippen LogP contribution in [0.15, 0.2) is 29.2 Å². The summed E-state index contributed by atoms with van der Waals surface area (Å²) in [6.45, 7) is 7.11. The molecule has 0 amide bonds. The Labute approximate surface area is 128 Å². The van der Waals surface area contributed by atoms with E-state index in [2.05, 4.69) is 10.2 Å². The van der Waals surface area contributed by atoms with E-state index in [1.54, 1.807) is 16.4 Å². The molecule has 6 heteroatoms. The minimum Gasteiger partial charge on any atom is -0.385 e. The Bertz CT molecular complexity index is 557. The summed E-state index contributed by atoms with van der Waals surface area (Å²) in [6.07, 6.45) is 0.871. The summed E-state index contributed by atoms with van der Waals surface area (Å²) in [5.41, 5.74) is 0.945. The molecule has 0 bridgehead atoms. The molecule has 0 radical (unpaired) electrons. The molecule has 1 saturated heterocycles. The molecule has 1 fully saturated rings. The van der Waals surface area contributed by atoms with Gasteiger partial charge >= 0.3 is 0 Å². The van der Waals surface area contributed by atoms with Crippen LogP contribution in [0.25, 0.3) is 0 Å². The van der Waals surface area contributed by atoms with Crippen molar-refractivity contribution in [3.63, 3.8) is 0 Å². The lowest BCUT2D eigenvalue weighted by atomic mass is 10.3. The molecular weight excluding hydrogens is 286 g/mol. The molecule has 0 saturated carbocycles. The SMILES string of the molecule is CCNc1ccc(S(=O)(=O)N2CCCN(C)CC2C)cc1. The Hall–Kier alpha value is -1.11. The van der Waals surface area contributed by atoms with Crippen LogP contribution in [0.4, 0.5) is 5.69 Å². The van der Waals surface area contributed by atoms with Gasteiger partial charge in [0.15, 0.2) is 0 Å². The first-order chi connectivity index (χ1) is 9.95. The fourth-order valence-corrected chi connectivity index (χ4v) is 4.45. The number of hydrogen-bond acceptors (Lipinski definition) is 4. The molecule has 1 atom stereocenters. The van der Waals surface area contributed by atoms with Crippen molar-refractivity contribution in [1.29, 1.82) is 0 Å². The quantitative estimate of drug-likeness (QED) is 0.922. The lowest BCUT2D eigenvalue weighted by Gasteiger charge is -2.27. The zero-order valence-electron chi connectivity index (χ0n) is 13.0. The minimum atomic E-state index is -3.41. The highest BCUT2D eigenvalue weighted by atomic mass is 32.2. The Morgan fingerprint density at radius 1 is 1.24 bits per heavy atom. The largest absolute Gasteiger partial charge is 0.385 e. The third-order valence-corrected chi connectivity index (χ3v) is 5.86. The second-order valence-electron chi connectivity index (χ2n) is 5.64. The van der Waals surface area contributed by atoms with Gasteiger partial charge in [0, 0.05) is 31.4 Å². The fraction of sp³-hybridized carbons (Fsp3) is 0.600. The number of sulfonamides is 1. The molecule has 0 aliphatic carbocycles. The lowest BCUT2D eigenvalue weighted by Crippen LogP contribution is -2.41. The smallest absolute Gasteiger partial charge is 0.243 e. The van der Waals surface area contributed by atoms with Crippen LogP contribution in [0, 0.1) is 0 Å². The van der Waals surface area contributed by atoms with Gasteiger partial charge in [-0.15, -0.1) is 0 Å². The molecular formula is C15H25N3O2S. The summed E-state index contributed by atoms with van der Waals surface area (Å²) in [7, 11) is -1.37. The second-order valence-corrected chi connectivity index (χ2v) is 7.53. The van der Waals surface area contributed by atoms with Crippen LogP contribution in [0.1, 0.15) is 20.3 Å². The first-order valence-electron chi connectivity index (χ1n) is 7.49. The zero-order chi connectivity index (χ0) is 15.5. The summed E-state index contributed by atoms with van der Waals surface area (Å²) >= 11 is 0. The Morgan fingerprint density at radius 2 is 1.90 bits per heavy atom. The van der Waals surface area contributed by atoms with Gasteiger partial charge in [0.2, 0.25) is 10.0 Å². The van der Waals surface area contributed by atoms with Gasteiger partial charge in [-0.3, -0.25) is 0 Å². The molecule has 5 nitrogen and oxygen atoms in total. The van der Waals surface area contributed by atoms with Gasteiger partial charge < -0.3 is 10.2 Å². The fourth-order valence-electron chi connectivity index (χ4n) is 2.79. The molecule has 1 N–H and O–H groups in total. The highest BCUT2D eigenvalue weighted by Gasteiger charge is 2.31. The second kappa shape index (κ2) is 6.77. The van der Waals surface area contributed by atoms with Gasteiger partial charge in [-0.25, -0.2) is 8.42 Å². The van der Waals surface area contributed by atoms with Crippen molar-refractivity contribution in [2.24, 2.45) is 0 Å². The lowest BCUT2D eigenvalue weighted by molar-refractivity contribution is 0.290. The number of likely N-dealkylation sites (N-methyl/N-ethyl adjacent to an activating group) is 1. The average Bonchev–Trinajstić information content (AvgIpc) is 2.60. The van der Waals surface area contributed by atoms with Crippen molar-refractivity contribution < 1.29 is 8.42 Å². The van der Waals surface area contributed by atoms with Crippen molar-refractivity contribution in [3.05, 3.63) is 24.3 Å². The number of nitrogens with one attached hydrogen (secondary N) is 1. The third-order valence-electron chi connectivity index (χ3n) is 3.83. The van der Waals surface area contributed by atoms with Crippen LogP contribution in [0.3, 0.4) is 0 Å². The van der Waals surface area contributed by atoms with Crippen LogP contribution >= 0.6 is 0 Å². The molecule has 1 aliphatic heterocycles. The van der Waals surface area contributed by atoms with Gasteiger partial charge in [0.05, 0.1) is 4.90 Å². The molecule has 1 aromatic carbocycles. The van der Waals surface area contributed by atoms with E-state index in [-0.39, 0.29) is 6.04 Å². The van der Waals surface area contributed by atoms with E-state index in [0.717, 1.165) is 31.7 Å². The van der Waals surface area contributed by atoms with E-state index in [9.17, 15) is 8.42 Å². The van der Waals surface area contributed by atoms with E-state index in [0.29, 0.717) is 11.4 Å². The molecule has 0 spiro atoms. The van der Waals surface area contributed by atoms with Gasteiger partial charge in [-0.1, -0.05) is 0 Å². The van der Waals surface area contributed by atoms with Gasteiger partial charge in [-0.2, -0.15) is 4.31 Å². The van der Waals surface area contributed by atoms with E-state index in [4.69, 9.17) is 0 Å². The molecule has 118 valence electrons. The maximum atomic E-state index is 12.8. The number of anilines is 1. The number of benzene rings is 1. The molecule has 1 aliphatic rings. The number of hydrogen-bond donors (Lipinski definition) is 1. The van der Waals surface area contributed by atoms with Crippen LogP contribution in [-0.4, -0.2) is 56.9 Å². The minimum absolute atomic E-state index is 0.00376. The zero-order valence-corrected chi connectivity index (χ0v) is 13.9. The topological polar surface area (TPSA) is 52.7 Å². The first-order valence-corrected chi connectivity index (χ1v) is 8.93. The Balaban J connectivity index is 2.23. The van der Waals surface area contributed by atoms with Crippen molar-refractivity contribution in [1.82, 2.24) is 9.21 Å². The molecule has 0 aromatic heterocycles. The maximum Gasteiger partial charge on any atom is 0.243 e. The third kappa shape index (κ3) is 3.75. The van der Waals surface area contributed by atoms with Crippen molar-refractivity contribution >= 4 is 15.7 Å². The van der Waals surface area contributed by atoms with Gasteiger partial charge in [-0.05, 0) is 58.1 Å². The average molecular weight is 311 g/mol. The normalized spacial score (nSPS) is 22.0. The molecule has 2 rings (SSSR count). The highest BCUT2D eigenvalue weighted by Crippen LogP contribution is 2.22. The molecule has 1 unspecified atom stereocenters. The van der Waals surface area contributed by atoms with Crippen LogP contribution in [0.2, 0.25) is 0 Å². The van der Waals surface area contributed by atoms with Crippen LogP contribution in [0.5, 0.6) is 0 Å². The summed E-state index contributed by atoms with van der Waals surface area (Å²) in [6, 6.07) is 7.02. The first kappa shape index (κ1) is 16.3. The van der Waals surface area contributed by atoms with Gasteiger partial charge in [0.25, 0.3) is 0 Å². The summed E-state index contributed by atoms with van der Waals surface area (Å²) in [5, 5.41) is 3.18. The highest BCUT2D eigenvalue weighted by molar-refractivity contribution is 7.89. The molecule has 21 heavy (non-hydrogen) atoms.